The Hall–Kier alpha value is -2.79. The summed E-state index contributed by atoms with van der Waals surface area (Å²) in [6.07, 6.45) is 3.26. The van der Waals surface area contributed by atoms with Crippen molar-refractivity contribution in [3.63, 3.8) is 0 Å². The maximum atomic E-state index is 5.34. The highest BCUT2D eigenvalue weighted by atomic mass is 32.2. The van der Waals surface area contributed by atoms with Gasteiger partial charge in [0.05, 0.1) is 18.5 Å². The van der Waals surface area contributed by atoms with E-state index in [0.29, 0.717) is 0 Å². The molecule has 4 aromatic rings. The minimum atomic E-state index is 0.173. The molecule has 0 aliphatic carbocycles. The van der Waals surface area contributed by atoms with Crippen LogP contribution in [0.25, 0.3) is 28.3 Å². The third kappa shape index (κ3) is 3.18. The first-order valence-corrected chi connectivity index (χ1v) is 11.2. The summed E-state index contributed by atoms with van der Waals surface area (Å²) >= 11 is 1.96. The first-order valence-electron chi connectivity index (χ1n) is 10.2. The van der Waals surface area contributed by atoms with Crippen molar-refractivity contribution in [1.82, 2.24) is 14.4 Å². The fourth-order valence-electron chi connectivity index (χ4n) is 4.13. The number of aromatic nitrogens is 3. The Kier molecular flexibility index (Phi) is 4.58. The normalized spacial score (nSPS) is 15.2. The minimum Gasteiger partial charge on any atom is -0.497 e. The standard InChI is InChI=1S/C25H25N3OS/c1-16-11-13-28-23(18-7-10-21-20(15-18)25(2,3)12-14-30-21)22(27-24(28)26-16)17-5-8-19(29-4)9-6-17/h5-11,13,15H,12,14H2,1-4H3. The Labute approximate surface area is 181 Å². The van der Waals surface area contributed by atoms with Crippen LogP contribution in [0.2, 0.25) is 0 Å². The molecular weight excluding hydrogens is 390 g/mol. The van der Waals surface area contributed by atoms with Crippen molar-refractivity contribution >= 4 is 17.5 Å². The number of benzene rings is 2. The first kappa shape index (κ1) is 19.2. The molecule has 0 saturated carbocycles. The van der Waals surface area contributed by atoms with Crippen LogP contribution in [0, 0.1) is 6.92 Å². The Morgan fingerprint density at radius 1 is 1.00 bits per heavy atom. The van der Waals surface area contributed by atoms with Crippen LogP contribution in [0.4, 0.5) is 0 Å². The molecule has 5 rings (SSSR count). The third-order valence-corrected chi connectivity index (χ3v) is 7.04. The molecule has 1 aliphatic heterocycles. The lowest BCUT2D eigenvalue weighted by Crippen LogP contribution is -2.22. The zero-order valence-corrected chi connectivity index (χ0v) is 18.6. The molecule has 1 aliphatic rings. The van der Waals surface area contributed by atoms with Gasteiger partial charge in [-0.3, -0.25) is 4.40 Å². The maximum absolute atomic E-state index is 5.34. The van der Waals surface area contributed by atoms with E-state index < -0.39 is 0 Å². The maximum Gasteiger partial charge on any atom is 0.235 e. The smallest absolute Gasteiger partial charge is 0.235 e. The molecule has 2 aromatic heterocycles. The van der Waals surface area contributed by atoms with E-state index in [4.69, 9.17) is 9.72 Å². The molecule has 152 valence electrons. The Morgan fingerprint density at radius 2 is 1.77 bits per heavy atom. The van der Waals surface area contributed by atoms with Crippen LogP contribution in [0.1, 0.15) is 31.5 Å². The SMILES string of the molecule is COc1ccc(-c2nc3nc(C)ccn3c2-c2ccc3c(c2)C(C)(C)CCS3)cc1. The van der Waals surface area contributed by atoms with Crippen molar-refractivity contribution in [2.45, 2.75) is 37.5 Å². The Morgan fingerprint density at radius 3 is 2.53 bits per heavy atom. The lowest BCUT2D eigenvalue weighted by Gasteiger charge is -2.32. The van der Waals surface area contributed by atoms with E-state index in [9.17, 15) is 0 Å². The molecule has 0 amide bonds. The molecule has 0 unspecified atom stereocenters. The molecule has 30 heavy (non-hydrogen) atoms. The summed E-state index contributed by atoms with van der Waals surface area (Å²) in [5.74, 6) is 2.74. The van der Waals surface area contributed by atoms with Gasteiger partial charge in [0, 0.05) is 27.9 Å². The number of aryl methyl sites for hydroxylation is 1. The number of nitrogens with zero attached hydrogens (tertiary/aromatic N) is 3. The monoisotopic (exact) mass is 415 g/mol. The van der Waals surface area contributed by atoms with Crippen molar-refractivity contribution in [2.24, 2.45) is 0 Å². The van der Waals surface area contributed by atoms with Gasteiger partial charge in [0.15, 0.2) is 0 Å². The summed E-state index contributed by atoms with van der Waals surface area (Å²) in [5, 5.41) is 0. The van der Waals surface area contributed by atoms with Crippen molar-refractivity contribution < 1.29 is 4.74 Å². The largest absolute Gasteiger partial charge is 0.497 e. The molecule has 4 nitrogen and oxygen atoms in total. The number of fused-ring (bicyclic) bond motifs is 2. The number of hydrogen-bond donors (Lipinski definition) is 0. The van der Waals surface area contributed by atoms with Crippen molar-refractivity contribution in [2.75, 3.05) is 12.9 Å². The van der Waals surface area contributed by atoms with E-state index in [-0.39, 0.29) is 5.41 Å². The highest BCUT2D eigenvalue weighted by molar-refractivity contribution is 7.99. The van der Waals surface area contributed by atoms with Gasteiger partial charge in [-0.05, 0) is 72.5 Å². The van der Waals surface area contributed by atoms with Gasteiger partial charge in [-0.25, -0.2) is 9.97 Å². The number of imidazole rings is 1. The molecule has 0 atom stereocenters. The van der Waals surface area contributed by atoms with E-state index >= 15 is 0 Å². The van der Waals surface area contributed by atoms with Crippen molar-refractivity contribution in [3.05, 3.63) is 66.0 Å². The topological polar surface area (TPSA) is 39.4 Å². The summed E-state index contributed by atoms with van der Waals surface area (Å²) in [7, 11) is 1.69. The summed E-state index contributed by atoms with van der Waals surface area (Å²) in [6, 6.07) is 17.0. The second-order valence-corrected chi connectivity index (χ2v) is 9.61. The predicted molar refractivity (Wildman–Crippen MR) is 124 cm³/mol. The number of thioether (sulfide) groups is 1. The molecule has 0 radical (unpaired) electrons. The Bertz CT molecular complexity index is 1240. The molecule has 2 aromatic carbocycles. The van der Waals surface area contributed by atoms with Gasteiger partial charge in [0.2, 0.25) is 5.78 Å². The molecule has 0 N–H and O–H groups in total. The lowest BCUT2D eigenvalue weighted by atomic mass is 9.81. The molecular formula is C25H25N3OS. The molecule has 3 heterocycles. The average Bonchev–Trinajstić information content (AvgIpc) is 3.12. The number of methoxy groups -OCH3 is 1. The second-order valence-electron chi connectivity index (χ2n) is 8.47. The van der Waals surface area contributed by atoms with Gasteiger partial charge in [-0.1, -0.05) is 19.9 Å². The average molecular weight is 416 g/mol. The van der Waals surface area contributed by atoms with Gasteiger partial charge in [-0.2, -0.15) is 0 Å². The quantitative estimate of drug-likeness (QED) is 0.402. The van der Waals surface area contributed by atoms with Crippen LogP contribution in [0.15, 0.2) is 59.6 Å². The van der Waals surface area contributed by atoms with Gasteiger partial charge >= 0.3 is 0 Å². The van der Waals surface area contributed by atoms with Gasteiger partial charge in [-0.15, -0.1) is 11.8 Å². The molecule has 0 saturated heterocycles. The van der Waals surface area contributed by atoms with Crippen molar-refractivity contribution in [1.29, 1.82) is 0 Å². The molecule has 0 fully saturated rings. The third-order valence-electron chi connectivity index (χ3n) is 5.96. The Balaban J connectivity index is 1.75. The van der Waals surface area contributed by atoms with Gasteiger partial charge in [0.1, 0.15) is 5.75 Å². The van der Waals surface area contributed by atoms with E-state index in [0.717, 1.165) is 34.2 Å². The fourth-order valence-corrected chi connectivity index (χ4v) is 5.61. The van der Waals surface area contributed by atoms with E-state index in [1.54, 1.807) is 7.11 Å². The summed E-state index contributed by atoms with van der Waals surface area (Å²) < 4.78 is 7.45. The number of ether oxygens (including phenoxy) is 1. The van der Waals surface area contributed by atoms with E-state index in [2.05, 4.69) is 59.8 Å². The van der Waals surface area contributed by atoms with Gasteiger partial charge in [0.25, 0.3) is 0 Å². The summed E-state index contributed by atoms with van der Waals surface area (Å²) in [6.45, 7) is 6.69. The zero-order chi connectivity index (χ0) is 20.9. The molecule has 5 heteroatoms. The van der Waals surface area contributed by atoms with Crippen LogP contribution >= 0.6 is 11.8 Å². The highest BCUT2D eigenvalue weighted by Crippen LogP contribution is 2.44. The van der Waals surface area contributed by atoms with Crippen LogP contribution < -0.4 is 4.74 Å². The zero-order valence-electron chi connectivity index (χ0n) is 17.8. The van der Waals surface area contributed by atoms with Crippen molar-refractivity contribution in [3.8, 4) is 28.3 Å². The lowest BCUT2D eigenvalue weighted by molar-refractivity contribution is 0.415. The summed E-state index contributed by atoms with van der Waals surface area (Å²) in [4.78, 5) is 11.0. The fraction of sp³-hybridized carbons (Fsp3) is 0.280. The van der Waals surface area contributed by atoms with Crippen LogP contribution in [0.3, 0.4) is 0 Å². The minimum absolute atomic E-state index is 0.173. The van der Waals surface area contributed by atoms with Crippen LogP contribution in [0.5, 0.6) is 5.75 Å². The highest BCUT2D eigenvalue weighted by Gasteiger charge is 2.29. The number of hydrogen-bond acceptors (Lipinski definition) is 4. The first-order chi connectivity index (χ1) is 14.5. The van der Waals surface area contributed by atoms with Gasteiger partial charge < -0.3 is 4.74 Å². The van der Waals surface area contributed by atoms with E-state index in [1.807, 2.05) is 36.9 Å². The van der Waals surface area contributed by atoms with Crippen LogP contribution in [-0.2, 0) is 5.41 Å². The number of rotatable bonds is 3. The second kappa shape index (κ2) is 7.17. The predicted octanol–water partition coefficient (Wildman–Crippen LogP) is 6.15. The van der Waals surface area contributed by atoms with Crippen LogP contribution in [-0.4, -0.2) is 27.2 Å². The molecule has 0 spiro atoms. The summed E-state index contributed by atoms with van der Waals surface area (Å²) in [5.41, 5.74) is 6.81. The van der Waals surface area contributed by atoms with E-state index in [1.165, 1.54) is 28.2 Å². The molecule has 0 bridgehead atoms.